The zero-order valence-corrected chi connectivity index (χ0v) is 11.0. The maximum Gasteiger partial charge on any atom is 0.275 e. The van der Waals surface area contributed by atoms with Crippen LogP contribution in [-0.2, 0) is 6.54 Å². The fraction of sp³-hybridized carbons (Fsp3) is 0.250. The molecule has 1 amide bonds. The Labute approximate surface area is 109 Å². The molecule has 0 saturated heterocycles. The lowest BCUT2D eigenvalue weighted by Gasteiger charge is -2.06. The summed E-state index contributed by atoms with van der Waals surface area (Å²) in [6.45, 7) is 4.12. The Morgan fingerprint density at radius 3 is 2.78 bits per heavy atom. The van der Waals surface area contributed by atoms with Gasteiger partial charge in [0.2, 0.25) is 0 Å². The van der Waals surface area contributed by atoms with Gasteiger partial charge in [0.1, 0.15) is 10.7 Å². The van der Waals surface area contributed by atoms with E-state index < -0.39 is 0 Å². The molecule has 2 rings (SSSR count). The van der Waals surface area contributed by atoms with E-state index in [1.54, 1.807) is 5.38 Å². The number of nitrogens with zero attached hydrogens (tertiary/aromatic N) is 2. The molecular formula is C12H14N4OS. The van der Waals surface area contributed by atoms with Gasteiger partial charge in [-0.25, -0.2) is 4.98 Å². The van der Waals surface area contributed by atoms with Gasteiger partial charge in [0.15, 0.2) is 0 Å². The second kappa shape index (κ2) is 5.24. The second-order valence-electron chi connectivity index (χ2n) is 3.87. The molecule has 2 aromatic rings. The van der Waals surface area contributed by atoms with Crippen molar-refractivity contribution in [3.63, 3.8) is 0 Å². The van der Waals surface area contributed by atoms with Crippen molar-refractivity contribution in [3.8, 4) is 0 Å². The van der Waals surface area contributed by atoms with E-state index in [0.29, 0.717) is 17.9 Å². The molecular weight excluding hydrogens is 248 g/mol. The van der Waals surface area contributed by atoms with E-state index in [9.17, 15) is 4.79 Å². The Balaban J connectivity index is 2.16. The van der Waals surface area contributed by atoms with Gasteiger partial charge in [-0.3, -0.25) is 9.78 Å². The molecule has 94 valence electrons. The van der Waals surface area contributed by atoms with Crippen LogP contribution in [0.2, 0.25) is 0 Å². The molecule has 3 N–H and O–H groups in total. The molecule has 0 fully saturated rings. The van der Waals surface area contributed by atoms with Crippen molar-refractivity contribution in [1.29, 1.82) is 0 Å². The first kappa shape index (κ1) is 12.7. The number of aryl methyl sites for hydroxylation is 2. The van der Waals surface area contributed by atoms with Crippen LogP contribution in [0.25, 0.3) is 0 Å². The van der Waals surface area contributed by atoms with Gasteiger partial charge < -0.3 is 11.1 Å². The van der Waals surface area contributed by atoms with E-state index in [2.05, 4.69) is 15.3 Å². The van der Waals surface area contributed by atoms with Gasteiger partial charge in [-0.2, -0.15) is 0 Å². The van der Waals surface area contributed by atoms with Crippen molar-refractivity contribution in [2.75, 3.05) is 5.32 Å². The molecule has 6 heteroatoms. The normalized spacial score (nSPS) is 10.4. The lowest BCUT2D eigenvalue weighted by Crippen LogP contribution is -2.14. The van der Waals surface area contributed by atoms with Gasteiger partial charge in [0.25, 0.3) is 5.91 Å². The highest BCUT2D eigenvalue weighted by molar-refractivity contribution is 7.09. The third-order valence-corrected chi connectivity index (χ3v) is 3.30. The molecule has 0 radical (unpaired) electrons. The smallest absolute Gasteiger partial charge is 0.275 e. The zero-order valence-electron chi connectivity index (χ0n) is 10.2. The number of rotatable bonds is 3. The van der Waals surface area contributed by atoms with Gasteiger partial charge in [0.05, 0.1) is 11.4 Å². The highest BCUT2D eigenvalue weighted by Crippen LogP contribution is 2.15. The summed E-state index contributed by atoms with van der Waals surface area (Å²) in [6.07, 6.45) is 0. The van der Waals surface area contributed by atoms with Crippen LogP contribution in [0.15, 0.2) is 17.5 Å². The van der Waals surface area contributed by atoms with Crippen molar-refractivity contribution in [2.45, 2.75) is 20.4 Å². The molecule has 0 aliphatic rings. The first-order chi connectivity index (χ1) is 8.60. The van der Waals surface area contributed by atoms with Crippen LogP contribution < -0.4 is 11.1 Å². The monoisotopic (exact) mass is 262 g/mol. The van der Waals surface area contributed by atoms with Gasteiger partial charge in [0, 0.05) is 17.6 Å². The number of carbonyl (C=O) groups is 1. The molecule has 18 heavy (non-hydrogen) atoms. The first-order valence-corrected chi connectivity index (χ1v) is 6.38. The van der Waals surface area contributed by atoms with Gasteiger partial charge in [-0.15, -0.1) is 11.3 Å². The number of nitrogens with one attached hydrogen (secondary N) is 1. The van der Waals surface area contributed by atoms with Crippen molar-refractivity contribution >= 4 is 22.9 Å². The number of hydrogen-bond acceptors (Lipinski definition) is 5. The minimum Gasteiger partial charge on any atom is -0.325 e. The number of anilines is 1. The predicted molar refractivity (Wildman–Crippen MR) is 71.7 cm³/mol. The van der Waals surface area contributed by atoms with E-state index in [1.165, 1.54) is 11.3 Å². The van der Waals surface area contributed by atoms with Crippen molar-refractivity contribution in [1.82, 2.24) is 9.97 Å². The Hall–Kier alpha value is -1.79. The molecule has 0 unspecified atom stereocenters. The standard InChI is InChI=1S/C12H14N4OS/c1-7-3-4-9(8(2)14-7)16-12(17)10-6-18-11(5-13)15-10/h3-4,6H,5,13H2,1-2H3,(H,16,17). The quantitative estimate of drug-likeness (QED) is 0.884. The van der Waals surface area contributed by atoms with Crippen LogP contribution in [0.1, 0.15) is 26.9 Å². The summed E-state index contributed by atoms with van der Waals surface area (Å²) >= 11 is 1.38. The zero-order chi connectivity index (χ0) is 13.1. The molecule has 0 atom stereocenters. The minimum atomic E-state index is -0.236. The number of amides is 1. The third-order valence-electron chi connectivity index (χ3n) is 2.43. The predicted octanol–water partition coefficient (Wildman–Crippen LogP) is 1.87. The molecule has 0 bridgehead atoms. The fourth-order valence-corrected chi connectivity index (χ4v) is 2.17. The Kier molecular flexibility index (Phi) is 3.69. The first-order valence-electron chi connectivity index (χ1n) is 5.50. The SMILES string of the molecule is Cc1ccc(NC(=O)c2csc(CN)n2)c(C)n1. The molecule has 0 saturated carbocycles. The summed E-state index contributed by atoms with van der Waals surface area (Å²) in [4.78, 5) is 20.4. The van der Waals surface area contributed by atoms with Crippen molar-refractivity contribution < 1.29 is 4.79 Å². The van der Waals surface area contributed by atoms with Gasteiger partial charge in [-0.05, 0) is 26.0 Å². The minimum absolute atomic E-state index is 0.236. The van der Waals surface area contributed by atoms with Crippen molar-refractivity contribution in [3.05, 3.63) is 39.6 Å². The highest BCUT2D eigenvalue weighted by Gasteiger charge is 2.11. The Bertz CT molecular complexity index is 579. The fourth-order valence-electron chi connectivity index (χ4n) is 1.51. The average molecular weight is 262 g/mol. The lowest BCUT2D eigenvalue weighted by molar-refractivity contribution is 0.102. The largest absolute Gasteiger partial charge is 0.325 e. The molecule has 5 nitrogen and oxygen atoms in total. The summed E-state index contributed by atoms with van der Waals surface area (Å²) in [6, 6.07) is 3.70. The molecule has 0 spiro atoms. The molecule has 2 heterocycles. The van der Waals surface area contributed by atoms with E-state index in [0.717, 1.165) is 16.4 Å². The number of pyridine rings is 1. The molecule has 2 aromatic heterocycles. The van der Waals surface area contributed by atoms with E-state index in [4.69, 9.17) is 5.73 Å². The number of hydrogen-bond donors (Lipinski definition) is 2. The second-order valence-corrected chi connectivity index (χ2v) is 4.81. The molecule has 0 aliphatic carbocycles. The van der Waals surface area contributed by atoms with Gasteiger partial charge >= 0.3 is 0 Å². The summed E-state index contributed by atoms with van der Waals surface area (Å²) in [5.74, 6) is -0.236. The van der Waals surface area contributed by atoms with Crippen molar-refractivity contribution in [2.24, 2.45) is 5.73 Å². The molecule has 0 aromatic carbocycles. The van der Waals surface area contributed by atoms with E-state index in [-0.39, 0.29) is 5.91 Å². The van der Waals surface area contributed by atoms with E-state index >= 15 is 0 Å². The number of nitrogens with two attached hydrogens (primary N) is 1. The van der Waals surface area contributed by atoms with Crippen LogP contribution in [-0.4, -0.2) is 15.9 Å². The molecule has 0 aliphatic heterocycles. The Morgan fingerprint density at radius 1 is 1.39 bits per heavy atom. The van der Waals surface area contributed by atoms with Gasteiger partial charge in [-0.1, -0.05) is 0 Å². The summed E-state index contributed by atoms with van der Waals surface area (Å²) in [5, 5.41) is 5.24. The number of thiazole rings is 1. The van der Waals surface area contributed by atoms with Crippen LogP contribution in [0.3, 0.4) is 0 Å². The van der Waals surface area contributed by atoms with Crippen LogP contribution in [0.5, 0.6) is 0 Å². The average Bonchev–Trinajstić information content (AvgIpc) is 2.81. The van der Waals surface area contributed by atoms with E-state index in [1.807, 2.05) is 26.0 Å². The maximum absolute atomic E-state index is 11.9. The topological polar surface area (TPSA) is 80.9 Å². The van der Waals surface area contributed by atoms with Crippen LogP contribution in [0.4, 0.5) is 5.69 Å². The summed E-state index contributed by atoms with van der Waals surface area (Å²) < 4.78 is 0. The number of carbonyl (C=O) groups excluding carboxylic acids is 1. The third kappa shape index (κ3) is 2.72. The number of aromatic nitrogens is 2. The highest BCUT2D eigenvalue weighted by atomic mass is 32.1. The maximum atomic E-state index is 11.9. The summed E-state index contributed by atoms with van der Waals surface area (Å²) in [7, 11) is 0. The summed E-state index contributed by atoms with van der Waals surface area (Å²) in [5.41, 5.74) is 8.26. The Morgan fingerprint density at radius 2 is 2.17 bits per heavy atom. The lowest BCUT2D eigenvalue weighted by atomic mass is 10.2. The van der Waals surface area contributed by atoms with Crippen LogP contribution in [0, 0.1) is 13.8 Å². The van der Waals surface area contributed by atoms with Crippen LogP contribution >= 0.6 is 11.3 Å².